The third-order valence-corrected chi connectivity index (χ3v) is 1.57. The standard InChI is InChI=1S/C9H21N3O2/c1-7(2)4-11-9(10)12-8(5-13)6-14-3/h7-8,13H,4-6H2,1-3H3,(H3,10,11,12). The van der Waals surface area contributed by atoms with E-state index in [0.29, 0.717) is 25.0 Å². The monoisotopic (exact) mass is 203 g/mol. The maximum absolute atomic E-state index is 8.93. The van der Waals surface area contributed by atoms with E-state index in [9.17, 15) is 0 Å². The second kappa shape index (κ2) is 7.58. The number of rotatable bonds is 6. The summed E-state index contributed by atoms with van der Waals surface area (Å²) in [5.41, 5.74) is 5.60. The van der Waals surface area contributed by atoms with Crippen LogP contribution in [0.15, 0.2) is 4.99 Å². The van der Waals surface area contributed by atoms with Crippen LogP contribution in [0.25, 0.3) is 0 Å². The van der Waals surface area contributed by atoms with Gasteiger partial charge in [0.05, 0.1) is 19.3 Å². The van der Waals surface area contributed by atoms with Gasteiger partial charge in [-0.1, -0.05) is 13.8 Å². The molecule has 0 fully saturated rings. The zero-order chi connectivity index (χ0) is 11.0. The molecule has 0 bridgehead atoms. The van der Waals surface area contributed by atoms with Gasteiger partial charge in [0.25, 0.3) is 0 Å². The molecule has 0 aromatic carbocycles. The minimum absolute atomic E-state index is 0.0221. The fourth-order valence-corrected chi connectivity index (χ4v) is 0.877. The highest BCUT2D eigenvalue weighted by Gasteiger charge is 2.06. The second-order valence-corrected chi connectivity index (χ2v) is 3.60. The van der Waals surface area contributed by atoms with Crippen molar-refractivity contribution in [1.82, 2.24) is 5.32 Å². The first-order chi connectivity index (χ1) is 6.60. The van der Waals surface area contributed by atoms with Gasteiger partial charge in [-0.05, 0) is 5.92 Å². The van der Waals surface area contributed by atoms with E-state index < -0.39 is 0 Å². The van der Waals surface area contributed by atoms with E-state index in [-0.39, 0.29) is 12.6 Å². The van der Waals surface area contributed by atoms with Crippen LogP contribution in [0.4, 0.5) is 0 Å². The Hall–Kier alpha value is -0.810. The Morgan fingerprint density at radius 3 is 2.64 bits per heavy atom. The quantitative estimate of drug-likeness (QED) is 0.403. The molecule has 0 aromatic heterocycles. The van der Waals surface area contributed by atoms with Crippen LogP contribution < -0.4 is 11.1 Å². The van der Waals surface area contributed by atoms with Gasteiger partial charge >= 0.3 is 0 Å². The zero-order valence-corrected chi connectivity index (χ0v) is 9.16. The molecule has 0 aliphatic heterocycles. The number of aliphatic hydroxyl groups excluding tert-OH is 1. The summed E-state index contributed by atoms with van der Waals surface area (Å²) < 4.78 is 4.89. The number of nitrogens with two attached hydrogens (primary N) is 1. The van der Waals surface area contributed by atoms with Crippen LogP contribution in [0, 0.1) is 5.92 Å². The fraction of sp³-hybridized carbons (Fsp3) is 0.889. The molecule has 0 aliphatic carbocycles. The highest BCUT2D eigenvalue weighted by atomic mass is 16.5. The number of hydrogen-bond acceptors (Lipinski definition) is 3. The number of guanidine groups is 1. The number of hydrogen-bond donors (Lipinski definition) is 3. The van der Waals surface area contributed by atoms with E-state index in [1.54, 1.807) is 7.11 Å². The number of ether oxygens (including phenoxy) is 1. The highest BCUT2D eigenvalue weighted by molar-refractivity contribution is 5.78. The van der Waals surface area contributed by atoms with Gasteiger partial charge in [-0.25, -0.2) is 0 Å². The Labute approximate surface area is 85.4 Å². The molecule has 0 radical (unpaired) electrons. The van der Waals surface area contributed by atoms with Gasteiger partial charge < -0.3 is 20.9 Å². The molecule has 0 heterocycles. The van der Waals surface area contributed by atoms with Crippen molar-refractivity contribution in [3.8, 4) is 0 Å². The average Bonchev–Trinajstić information content (AvgIpc) is 2.14. The predicted molar refractivity (Wildman–Crippen MR) is 57.2 cm³/mol. The minimum Gasteiger partial charge on any atom is -0.394 e. The molecule has 0 aromatic rings. The van der Waals surface area contributed by atoms with Crippen LogP contribution in [-0.4, -0.2) is 44.0 Å². The molecule has 0 aliphatic rings. The summed E-state index contributed by atoms with van der Waals surface area (Å²) in [4.78, 5) is 4.11. The summed E-state index contributed by atoms with van der Waals surface area (Å²) in [5.74, 6) is 0.833. The van der Waals surface area contributed by atoms with E-state index in [4.69, 9.17) is 15.6 Å². The second-order valence-electron chi connectivity index (χ2n) is 3.60. The summed E-state index contributed by atoms with van der Waals surface area (Å²) in [6, 6.07) is -0.184. The van der Waals surface area contributed by atoms with Crippen LogP contribution in [-0.2, 0) is 4.74 Å². The minimum atomic E-state index is -0.184. The number of methoxy groups -OCH3 is 1. The van der Waals surface area contributed by atoms with E-state index in [0.717, 1.165) is 0 Å². The number of nitrogens with zero attached hydrogens (tertiary/aromatic N) is 1. The molecule has 1 atom stereocenters. The molecule has 5 nitrogen and oxygen atoms in total. The molecule has 84 valence electrons. The molecule has 0 spiro atoms. The Bertz CT molecular complexity index is 171. The summed E-state index contributed by atoms with van der Waals surface area (Å²) in [6.07, 6.45) is 0. The Balaban J connectivity index is 3.87. The molecule has 1 unspecified atom stereocenters. The molecule has 0 saturated carbocycles. The SMILES string of the molecule is COCC(CO)NC(N)=NCC(C)C. The first kappa shape index (κ1) is 13.2. The lowest BCUT2D eigenvalue weighted by Crippen LogP contribution is -2.44. The third kappa shape index (κ3) is 6.68. The van der Waals surface area contributed by atoms with Gasteiger partial charge in [0, 0.05) is 13.7 Å². The summed E-state index contributed by atoms with van der Waals surface area (Å²) >= 11 is 0. The van der Waals surface area contributed by atoms with Crippen molar-refractivity contribution in [3.05, 3.63) is 0 Å². The lowest BCUT2D eigenvalue weighted by molar-refractivity contribution is 0.137. The van der Waals surface area contributed by atoms with Gasteiger partial charge in [0.1, 0.15) is 0 Å². The Morgan fingerprint density at radius 1 is 1.57 bits per heavy atom. The van der Waals surface area contributed by atoms with Crippen molar-refractivity contribution in [2.24, 2.45) is 16.6 Å². The first-order valence-corrected chi connectivity index (χ1v) is 4.76. The predicted octanol–water partition coefficient (Wildman–Crippen LogP) is -0.446. The molecular weight excluding hydrogens is 182 g/mol. The van der Waals surface area contributed by atoms with E-state index >= 15 is 0 Å². The normalized spacial score (nSPS) is 14.5. The van der Waals surface area contributed by atoms with Gasteiger partial charge in [0.2, 0.25) is 0 Å². The van der Waals surface area contributed by atoms with Crippen molar-refractivity contribution in [2.75, 3.05) is 26.9 Å². The van der Waals surface area contributed by atoms with Crippen LogP contribution in [0.2, 0.25) is 0 Å². The third-order valence-electron chi connectivity index (χ3n) is 1.57. The lowest BCUT2D eigenvalue weighted by atomic mass is 10.2. The topological polar surface area (TPSA) is 79.9 Å². The van der Waals surface area contributed by atoms with Crippen LogP contribution >= 0.6 is 0 Å². The van der Waals surface area contributed by atoms with Gasteiger partial charge in [-0.15, -0.1) is 0 Å². The van der Waals surface area contributed by atoms with Gasteiger partial charge in [0.15, 0.2) is 5.96 Å². The molecule has 14 heavy (non-hydrogen) atoms. The van der Waals surface area contributed by atoms with Crippen molar-refractivity contribution < 1.29 is 9.84 Å². The van der Waals surface area contributed by atoms with E-state index in [1.165, 1.54) is 0 Å². The Kier molecular flexibility index (Phi) is 7.14. The zero-order valence-electron chi connectivity index (χ0n) is 9.16. The van der Waals surface area contributed by atoms with E-state index in [2.05, 4.69) is 24.2 Å². The number of nitrogens with one attached hydrogen (secondary N) is 1. The number of aliphatic hydroxyl groups is 1. The highest BCUT2D eigenvalue weighted by Crippen LogP contribution is 1.91. The smallest absolute Gasteiger partial charge is 0.188 e. The van der Waals surface area contributed by atoms with Crippen molar-refractivity contribution >= 4 is 5.96 Å². The molecule has 4 N–H and O–H groups in total. The van der Waals surface area contributed by atoms with E-state index in [1.807, 2.05) is 0 Å². The average molecular weight is 203 g/mol. The molecule has 0 rings (SSSR count). The van der Waals surface area contributed by atoms with Gasteiger partial charge in [-0.3, -0.25) is 4.99 Å². The van der Waals surface area contributed by atoms with Crippen molar-refractivity contribution in [3.63, 3.8) is 0 Å². The summed E-state index contributed by atoms with van der Waals surface area (Å²) in [7, 11) is 1.58. The maximum Gasteiger partial charge on any atom is 0.188 e. The molecule has 0 saturated heterocycles. The van der Waals surface area contributed by atoms with Crippen molar-refractivity contribution in [1.29, 1.82) is 0 Å². The van der Waals surface area contributed by atoms with Crippen LogP contribution in [0.1, 0.15) is 13.8 Å². The molecule has 0 amide bonds. The summed E-state index contributed by atoms with van der Waals surface area (Å²) in [5, 5.41) is 11.8. The molecular formula is C9H21N3O2. The number of aliphatic imine (C=N–C) groups is 1. The first-order valence-electron chi connectivity index (χ1n) is 4.76. The summed E-state index contributed by atoms with van der Waals surface area (Å²) in [6.45, 7) is 5.20. The largest absolute Gasteiger partial charge is 0.394 e. The molecule has 5 heteroatoms. The van der Waals surface area contributed by atoms with Gasteiger partial charge in [-0.2, -0.15) is 0 Å². The fourth-order valence-electron chi connectivity index (χ4n) is 0.877. The maximum atomic E-state index is 8.93. The van der Waals surface area contributed by atoms with Crippen LogP contribution in [0.5, 0.6) is 0 Å². The van der Waals surface area contributed by atoms with Crippen LogP contribution in [0.3, 0.4) is 0 Å². The Morgan fingerprint density at radius 2 is 2.21 bits per heavy atom. The van der Waals surface area contributed by atoms with Crippen molar-refractivity contribution in [2.45, 2.75) is 19.9 Å². The lowest BCUT2D eigenvalue weighted by Gasteiger charge is -2.15.